The predicted octanol–water partition coefficient (Wildman–Crippen LogP) is 4.31. The highest BCUT2D eigenvalue weighted by Gasteiger charge is 2.27. The average molecular weight is 166 g/mol. The fraction of sp³-hybridized carbons (Fsp3) is 0.833. The number of rotatable bonds is 4. The van der Waals surface area contributed by atoms with E-state index >= 15 is 0 Å². The van der Waals surface area contributed by atoms with Crippen molar-refractivity contribution in [2.75, 3.05) is 0 Å². The Morgan fingerprint density at radius 2 is 1.92 bits per heavy atom. The summed E-state index contributed by atoms with van der Waals surface area (Å²) in [4.78, 5) is 0. The molecule has 0 atom stereocenters. The summed E-state index contributed by atoms with van der Waals surface area (Å²) in [5, 5.41) is 0. The summed E-state index contributed by atoms with van der Waals surface area (Å²) >= 11 is 0. The lowest BCUT2D eigenvalue weighted by molar-refractivity contribution is 0.234. The molecule has 12 heavy (non-hydrogen) atoms. The molecule has 1 fully saturated rings. The quantitative estimate of drug-likeness (QED) is 0.546. The summed E-state index contributed by atoms with van der Waals surface area (Å²) in [6, 6.07) is 0. The van der Waals surface area contributed by atoms with Crippen molar-refractivity contribution in [2.45, 2.75) is 58.3 Å². The van der Waals surface area contributed by atoms with Crippen molar-refractivity contribution in [1.82, 2.24) is 0 Å². The summed E-state index contributed by atoms with van der Waals surface area (Å²) < 4.78 is 0. The maximum absolute atomic E-state index is 4.01. The molecule has 0 heterocycles. The molecule has 0 nitrogen and oxygen atoms in total. The third-order valence-corrected chi connectivity index (χ3v) is 3.31. The number of unbranched alkanes of at least 4 members (excludes halogenated alkanes) is 1. The van der Waals surface area contributed by atoms with Gasteiger partial charge in [0.15, 0.2) is 0 Å². The molecule has 1 saturated carbocycles. The van der Waals surface area contributed by atoms with Gasteiger partial charge < -0.3 is 0 Å². The van der Waals surface area contributed by atoms with E-state index in [1.807, 2.05) is 0 Å². The van der Waals surface area contributed by atoms with Crippen molar-refractivity contribution < 1.29 is 0 Å². The summed E-state index contributed by atoms with van der Waals surface area (Å²) in [6.07, 6.45) is 13.4. The first-order valence-electron chi connectivity index (χ1n) is 5.46. The predicted molar refractivity (Wildman–Crippen MR) is 55.2 cm³/mol. The highest BCUT2D eigenvalue weighted by molar-refractivity contribution is 4.96. The second-order valence-electron chi connectivity index (χ2n) is 4.23. The van der Waals surface area contributed by atoms with Gasteiger partial charge in [0.2, 0.25) is 0 Å². The smallest absolute Gasteiger partial charge is 0.0121 e. The Bertz CT molecular complexity index is 129. The van der Waals surface area contributed by atoms with Gasteiger partial charge in [0, 0.05) is 0 Å². The van der Waals surface area contributed by atoms with Crippen LogP contribution in [-0.4, -0.2) is 0 Å². The Morgan fingerprint density at radius 3 is 2.42 bits per heavy atom. The monoisotopic (exact) mass is 166 g/mol. The van der Waals surface area contributed by atoms with Gasteiger partial charge in [0.05, 0.1) is 0 Å². The lowest BCUT2D eigenvalue weighted by Gasteiger charge is -2.34. The zero-order valence-corrected chi connectivity index (χ0v) is 8.44. The van der Waals surface area contributed by atoms with E-state index in [2.05, 4.69) is 19.6 Å². The molecule has 0 aromatic heterocycles. The van der Waals surface area contributed by atoms with Crippen LogP contribution in [0.15, 0.2) is 12.7 Å². The molecule has 0 amide bonds. The topological polar surface area (TPSA) is 0 Å². The van der Waals surface area contributed by atoms with Crippen LogP contribution in [0.2, 0.25) is 0 Å². The Labute approximate surface area is 77.1 Å². The summed E-state index contributed by atoms with van der Waals surface area (Å²) in [6.45, 7) is 6.29. The van der Waals surface area contributed by atoms with E-state index in [-0.39, 0.29) is 0 Å². The van der Waals surface area contributed by atoms with Crippen molar-refractivity contribution in [3.05, 3.63) is 12.7 Å². The molecule has 1 aliphatic carbocycles. The molecule has 0 N–H and O–H groups in total. The Kier molecular flexibility index (Phi) is 3.84. The molecule has 0 aromatic rings. The van der Waals surface area contributed by atoms with Gasteiger partial charge in [-0.2, -0.15) is 0 Å². The van der Waals surface area contributed by atoms with Crippen molar-refractivity contribution in [2.24, 2.45) is 5.41 Å². The Balaban J connectivity index is 2.42. The number of allylic oxidation sites excluding steroid dienone is 1. The molecule has 0 aromatic carbocycles. The molecule has 0 saturated heterocycles. The molecular formula is C12H22. The highest BCUT2D eigenvalue weighted by atomic mass is 14.3. The van der Waals surface area contributed by atoms with Gasteiger partial charge in [-0.3, -0.25) is 0 Å². The van der Waals surface area contributed by atoms with E-state index in [0.717, 1.165) is 0 Å². The van der Waals surface area contributed by atoms with Gasteiger partial charge in [-0.25, -0.2) is 0 Å². The minimum absolute atomic E-state index is 0.536. The Hall–Kier alpha value is -0.260. The van der Waals surface area contributed by atoms with Crippen LogP contribution in [0.4, 0.5) is 0 Å². The molecule has 0 heteroatoms. The van der Waals surface area contributed by atoms with E-state index in [9.17, 15) is 0 Å². The van der Waals surface area contributed by atoms with Gasteiger partial charge in [0.25, 0.3) is 0 Å². The van der Waals surface area contributed by atoms with Gasteiger partial charge in [-0.05, 0) is 24.7 Å². The lowest BCUT2D eigenvalue weighted by atomic mass is 9.71. The van der Waals surface area contributed by atoms with Crippen LogP contribution in [0.5, 0.6) is 0 Å². The third kappa shape index (κ3) is 2.36. The third-order valence-electron chi connectivity index (χ3n) is 3.31. The maximum Gasteiger partial charge on any atom is -0.0121 e. The van der Waals surface area contributed by atoms with Crippen molar-refractivity contribution >= 4 is 0 Å². The second-order valence-corrected chi connectivity index (χ2v) is 4.23. The number of hydrogen-bond donors (Lipinski definition) is 0. The van der Waals surface area contributed by atoms with Gasteiger partial charge in [0.1, 0.15) is 0 Å². The van der Waals surface area contributed by atoms with Crippen LogP contribution < -0.4 is 0 Å². The van der Waals surface area contributed by atoms with E-state index in [1.54, 1.807) is 0 Å². The maximum atomic E-state index is 4.01. The second kappa shape index (κ2) is 4.69. The molecule has 0 aliphatic heterocycles. The largest absolute Gasteiger partial charge is 0.103 e. The van der Waals surface area contributed by atoms with Crippen LogP contribution in [0.1, 0.15) is 58.3 Å². The zero-order valence-electron chi connectivity index (χ0n) is 8.44. The Morgan fingerprint density at radius 1 is 1.25 bits per heavy atom. The summed E-state index contributed by atoms with van der Waals surface area (Å²) in [7, 11) is 0. The van der Waals surface area contributed by atoms with Crippen LogP contribution in [0.3, 0.4) is 0 Å². The first-order chi connectivity index (χ1) is 5.83. The molecule has 0 radical (unpaired) electrons. The van der Waals surface area contributed by atoms with E-state index in [4.69, 9.17) is 0 Å². The van der Waals surface area contributed by atoms with Gasteiger partial charge in [-0.15, -0.1) is 6.58 Å². The number of hydrogen-bond acceptors (Lipinski definition) is 0. The zero-order chi connectivity index (χ0) is 8.86. The first kappa shape index (κ1) is 9.83. The normalized spacial score (nSPS) is 22.1. The van der Waals surface area contributed by atoms with E-state index in [0.29, 0.717) is 5.41 Å². The van der Waals surface area contributed by atoms with E-state index < -0.39 is 0 Å². The fourth-order valence-electron chi connectivity index (χ4n) is 2.34. The fourth-order valence-corrected chi connectivity index (χ4v) is 2.34. The average Bonchev–Trinajstić information content (AvgIpc) is 2.16. The van der Waals surface area contributed by atoms with Crippen molar-refractivity contribution in [3.8, 4) is 0 Å². The molecule has 1 rings (SSSR count). The first-order valence-corrected chi connectivity index (χ1v) is 5.46. The standard InChI is InChI=1S/C12H22/c1-3-5-9-12(4-2)10-7-6-8-11-12/h4H,2-3,5-11H2,1H3. The summed E-state index contributed by atoms with van der Waals surface area (Å²) in [5.41, 5.74) is 0.536. The molecule has 0 spiro atoms. The molecule has 0 unspecified atom stereocenters. The molecular weight excluding hydrogens is 144 g/mol. The molecule has 0 bridgehead atoms. The minimum atomic E-state index is 0.536. The van der Waals surface area contributed by atoms with Crippen LogP contribution in [-0.2, 0) is 0 Å². The van der Waals surface area contributed by atoms with Crippen molar-refractivity contribution in [1.29, 1.82) is 0 Å². The minimum Gasteiger partial charge on any atom is -0.103 e. The van der Waals surface area contributed by atoms with Crippen LogP contribution in [0.25, 0.3) is 0 Å². The van der Waals surface area contributed by atoms with Crippen LogP contribution in [0, 0.1) is 5.41 Å². The van der Waals surface area contributed by atoms with Crippen molar-refractivity contribution in [3.63, 3.8) is 0 Å². The molecule has 1 aliphatic rings. The SMILES string of the molecule is C=CC1(CCCC)CCCCC1. The highest BCUT2D eigenvalue weighted by Crippen LogP contribution is 2.41. The summed E-state index contributed by atoms with van der Waals surface area (Å²) in [5.74, 6) is 0. The van der Waals surface area contributed by atoms with Gasteiger partial charge in [-0.1, -0.05) is 45.1 Å². The van der Waals surface area contributed by atoms with Crippen LogP contribution >= 0.6 is 0 Å². The van der Waals surface area contributed by atoms with E-state index in [1.165, 1.54) is 51.4 Å². The lowest BCUT2D eigenvalue weighted by Crippen LogP contribution is -2.21. The van der Waals surface area contributed by atoms with Gasteiger partial charge >= 0.3 is 0 Å². The molecule has 70 valence electrons.